The number of hydrogen-bond acceptors (Lipinski definition) is 2. The summed E-state index contributed by atoms with van der Waals surface area (Å²) in [5, 5.41) is 11.3. The number of ether oxygens (including phenoxy) is 1. The number of halogens is 5. The zero-order chi connectivity index (χ0) is 23.2. The molecule has 0 saturated carbocycles. The predicted octanol–water partition coefficient (Wildman–Crippen LogP) is 5.97. The van der Waals surface area contributed by atoms with E-state index in [1.54, 1.807) is 6.92 Å². The van der Waals surface area contributed by atoms with Gasteiger partial charge in [0, 0.05) is 29.1 Å². The molecule has 2 aromatic carbocycles. The third-order valence-corrected chi connectivity index (χ3v) is 5.65. The summed E-state index contributed by atoms with van der Waals surface area (Å²) in [6.45, 7) is 4.77. The highest BCUT2D eigenvalue weighted by atomic mass is 19.4. The second kappa shape index (κ2) is 7.82. The molecule has 1 unspecified atom stereocenters. The Balaban J connectivity index is 2.02. The van der Waals surface area contributed by atoms with E-state index in [1.807, 2.05) is 0 Å². The highest BCUT2D eigenvalue weighted by Crippen LogP contribution is 2.45. The first kappa shape index (κ1) is 23.1. The van der Waals surface area contributed by atoms with Crippen molar-refractivity contribution in [2.75, 3.05) is 7.11 Å². The lowest BCUT2D eigenvalue weighted by Crippen LogP contribution is -2.51. The third-order valence-electron chi connectivity index (χ3n) is 5.65. The number of aryl methyl sites for hydroxylation is 1. The maximum atomic E-state index is 14.1. The van der Waals surface area contributed by atoms with E-state index in [4.69, 9.17) is 4.74 Å². The number of hydrogen-bond donors (Lipinski definition) is 2. The molecule has 0 radical (unpaired) electrons. The van der Waals surface area contributed by atoms with Crippen LogP contribution in [-0.4, -0.2) is 29.0 Å². The molecule has 168 valence electrons. The van der Waals surface area contributed by atoms with Gasteiger partial charge in [-0.25, -0.2) is 8.78 Å². The Bertz CT molecular complexity index is 1060. The summed E-state index contributed by atoms with van der Waals surface area (Å²) in [4.78, 5) is 2.68. The highest BCUT2D eigenvalue weighted by molar-refractivity contribution is 5.84. The lowest BCUT2D eigenvalue weighted by atomic mass is 9.73. The zero-order valence-corrected chi connectivity index (χ0v) is 17.6. The van der Waals surface area contributed by atoms with Gasteiger partial charge in [0.15, 0.2) is 5.60 Å². The van der Waals surface area contributed by atoms with Crippen molar-refractivity contribution < 1.29 is 31.8 Å². The number of benzene rings is 2. The first-order valence-corrected chi connectivity index (χ1v) is 9.67. The van der Waals surface area contributed by atoms with Gasteiger partial charge >= 0.3 is 6.18 Å². The van der Waals surface area contributed by atoms with E-state index in [2.05, 4.69) is 4.98 Å². The van der Waals surface area contributed by atoms with Crippen molar-refractivity contribution in [3.63, 3.8) is 0 Å². The number of nitrogens with one attached hydrogen (secondary N) is 1. The van der Waals surface area contributed by atoms with E-state index in [9.17, 15) is 27.1 Å². The van der Waals surface area contributed by atoms with Crippen molar-refractivity contribution in [2.45, 2.75) is 50.8 Å². The molecule has 0 fully saturated rings. The molecule has 2 N–H and O–H groups in total. The number of fused-ring (bicyclic) bond motifs is 1. The fourth-order valence-corrected chi connectivity index (χ4v) is 4.10. The summed E-state index contributed by atoms with van der Waals surface area (Å²) >= 11 is 0. The summed E-state index contributed by atoms with van der Waals surface area (Å²) < 4.78 is 75.0. The van der Waals surface area contributed by atoms with Crippen LogP contribution in [0, 0.1) is 18.6 Å². The van der Waals surface area contributed by atoms with Crippen molar-refractivity contribution in [1.82, 2.24) is 4.98 Å². The summed E-state index contributed by atoms with van der Waals surface area (Å²) in [6, 6.07) is 7.78. The van der Waals surface area contributed by atoms with Crippen LogP contribution in [-0.2, 0) is 11.8 Å². The van der Waals surface area contributed by atoms with Crippen molar-refractivity contribution in [1.29, 1.82) is 0 Å². The molecule has 1 aromatic heterocycles. The van der Waals surface area contributed by atoms with Crippen LogP contribution in [0.5, 0.6) is 5.75 Å². The number of aliphatic hydroxyl groups is 1. The van der Waals surface area contributed by atoms with Gasteiger partial charge in [0.1, 0.15) is 17.4 Å². The number of H-pyrrole nitrogens is 1. The maximum absolute atomic E-state index is 14.1. The van der Waals surface area contributed by atoms with Gasteiger partial charge in [-0.1, -0.05) is 26.0 Å². The lowest BCUT2D eigenvalue weighted by molar-refractivity contribution is -0.266. The lowest BCUT2D eigenvalue weighted by Gasteiger charge is -2.38. The monoisotopic (exact) mass is 441 g/mol. The van der Waals surface area contributed by atoms with Crippen molar-refractivity contribution in [3.8, 4) is 5.75 Å². The van der Waals surface area contributed by atoms with Gasteiger partial charge in [-0.3, -0.25) is 0 Å². The van der Waals surface area contributed by atoms with Crippen LogP contribution < -0.4 is 4.74 Å². The minimum atomic E-state index is -4.97. The molecule has 1 atom stereocenters. The van der Waals surface area contributed by atoms with Gasteiger partial charge in [-0.05, 0) is 42.5 Å². The van der Waals surface area contributed by atoms with Crippen LogP contribution >= 0.6 is 0 Å². The van der Waals surface area contributed by atoms with Gasteiger partial charge in [-0.15, -0.1) is 0 Å². The molecule has 0 aliphatic heterocycles. The molecule has 0 saturated heterocycles. The Hall–Kier alpha value is -2.61. The molecule has 0 aliphatic rings. The van der Waals surface area contributed by atoms with E-state index in [0.717, 1.165) is 12.1 Å². The zero-order valence-electron chi connectivity index (χ0n) is 17.6. The van der Waals surface area contributed by atoms with Crippen LogP contribution in [0.3, 0.4) is 0 Å². The molecule has 3 aromatic rings. The van der Waals surface area contributed by atoms with E-state index >= 15 is 0 Å². The molecule has 1 heterocycles. The standard InChI is InChI=1S/C23H24F5NO2/c1-13-5-8-18(25)20-16(13)10-15(29-20)11-22(30,23(26,27)28)12-21(2,3)17-7-6-14(24)9-19(17)31-4/h5-10,29-30H,11-12H2,1-4H3. The first-order valence-electron chi connectivity index (χ1n) is 9.67. The molecule has 3 rings (SSSR count). The fraction of sp³-hybridized carbons (Fsp3) is 0.391. The Labute approximate surface area is 176 Å². The van der Waals surface area contributed by atoms with Crippen LogP contribution in [0.4, 0.5) is 22.0 Å². The number of methoxy groups -OCH3 is 1. The predicted molar refractivity (Wildman–Crippen MR) is 108 cm³/mol. The molecule has 3 nitrogen and oxygen atoms in total. The number of aromatic amines is 1. The topological polar surface area (TPSA) is 45.2 Å². The van der Waals surface area contributed by atoms with Crippen LogP contribution in [0.15, 0.2) is 36.4 Å². The second-order valence-electron chi connectivity index (χ2n) is 8.56. The van der Waals surface area contributed by atoms with E-state index in [-0.39, 0.29) is 17.0 Å². The van der Waals surface area contributed by atoms with Gasteiger partial charge in [0.2, 0.25) is 0 Å². The molecular weight excluding hydrogens is 417 g/mol. The molecule has 0 spiro atoms. The van der Waals surface area contributed by atoms with Crippen LogP contribution in [0.1, 0.15) is 37.1 Å². The highest BCUT2D eigenvalue weighted by Gasteiger charge is 2.56. The Morgan fingerprint density at radius 2 is 1.71 bits per heavy atom. The summed E-state index contributed by atoms with van der Waals surface area (Å²) in [6.07, 6.45) is -6.48. The second-order valence-corrected chi connectivity index (χ2v) is 8.56. The van der Waals surface area contributed by atoms with Crippen LogP contribution in [0.25, 0.3) is 10.9 Å². The minimum Gasteiger partial charge on any atom is -0.496 e. The quantitative estimate of drug-likeness (QED) is 0.463. The number of aromatic nitrogens is 1. The average molecular weight is 441 g/mol. The largest absolute Gasteiger partial charge is 0.496 e. The molecule has 0 bridgehead atoms. The molecular formula is C23H24F5NO2. The van der Waals surface area contributed by atoms with Crippen LogP contribution in [0.2, 0.25) is 0 Å². The summed E-state index contributed by atoms with van der Waals surface area (Å²) in [5.74, 6) is -1.07. The Kier molecular flexibility index (Phi) is 5.82. The minimum absolute atomic E-state index is 0.0601. The summed E-state index contributed by atoms with van der Waals surface area (Å²) in [5.41, 5.74) is -3.16. The molecule has 0 aliphatic carbocycles. The van der Waals surface area contributed by atoms with Gasteiger partial charge in [0.05, 0.1) is 12.6 Å². The number of rotatable bonds is 6. The maximum Gasteiger partial charge on any atom is 0.417 e. The van der Waals surface area contributed by atoms with Crippen molar-refractivity contribution in [3.05, 3.63) is 64.9 Å². The normalized spacial score (nSPS) is 14.6. The molecule has 31 heavy (non-hydrogen) atoms. The number of alkyl halides is 3. The van der Waals surface area contributed by atoms with E-state index in [0.29, 0.717) is 16.5 Å². The SMILES string of the molecule is COc1cc(F)ccc1C(C)(C)CC(O)(Cc1cc2c(C)ccc(F)c2[nH]1)C(F)(F)F. The summed E-state index contributed by atoms with van der Waals surface area (Å²) in [7, 11) is 1.30. The molecule has 8 heteroatoms. The smallest absolute Gasteiger partial charge is 0.417 e. The Morgan fingerprint density at radius 3 is 2.29 bits per heavy atom. The third kappa shape index (κ3) is 4.39. The van der Waals surface area contributed by atoms with Crippen molar-refractivity contribution in [2.24, 2.45) is 0 Å². The van der Waals surface area contributed by atoms with E-state index in [1.165, 1.54) is 45.2 Å². The van der Waals surface area contributed by atoms with E-state index < -0.39 is 41.7 Å². The van der Waals surface area contributed by atoms with Gasteiger partial charge in [-0.2, -0.15) is 13.2 Å². The van der Waals surface area contributed by atoms with Crippen molar-refractivity contribution >= 4 is 10.9 Å². The fourth-order valence-electron chi connectivity index (χ4n) is 4.10. The Morgan fingerprint density at radius 1 is 1.03 bits per heavy atom. The van der Waals surface area contributed by atoms with Gasteiger partial charge in [0.25, 0.3) is 0 Å². The molecule has 0 amide bonds. The average Bonchev–Trinajstić information content (AvgIpc) is 3.07. The first-order chi connectivity index (χ1) is 14.3. The van der Waals surface area contributed by atoms with Gasteiger partial charge < -0.3 is 14.8 Å².